The Bertz CT molecular complexity index is 1490. The molecule has 0 aliphatic rings. The minimum atomic E-state index is -0.177. The molecule has 0 saturated carbocycles. The highest BCUT2D eigenvalue weighted by Crippen LogP contribution is 2.09. The molecule has 0 saturated heterocycles. The van der Waals surface area contributed by atoms with Gasteiger partial charge in [0.15, 0.2) is 10.5 Å². The maximum atomic E-state index is 12.7. The summed E-state index contributed by atoms with van der Waals surface area (Å²) in [4.78, 5) is 13.3. The molecule has 9 nitrogen and oxygen atoms in total. The summed E-state index contributed by atoms with van der Waals surface area (Å²) in [6.45, 7) is 2.04. The number of nitrogens with one attached hydrogen (secondary N) is 1. The first-order valence-corrected chi connectivity index (χ1v) is 10.0. The first-order valence-electron chi connectivity index (χ1n) is 9.21. The molecule has 0 atom stereocenters. The van der Waals surface area contributed by atoms with E-state index in [1.54, 1.807) is 16.8 Å². The molecule has 0 unspecified atom stereocenters. The van der Waals surface area contributed by atoms with Gasteiger partial charge in [-0.05, 0) is 25.1 Å². The first-order chi connectivity index (χ1) is 14.7. The Balaban J connectivity index is 1.50. The zero-order valence-corrected chi connectivity index (χ0v) is 16.7. The largest absolute Gasteiger partial charge is 0.277 e. The molecule has 1 N–H and O–H groups in total. The minimum absolute atomic E-state index is 0.169. The smallest absolute Gasteiger partial charge is 0.275 e. The highest BCUT2D eigenvalue weighted by Gasteiger charge is 2.12. The zero-order valence-electron chi connectivity index (χ0n) is 15.9. The third-order valence-corrected chi connectivity index (χ3v) is 5.55. The molecule has 5 rings (SSSR count). The second kappa shape index (κ2) is 7.48. The van der Waals surface area contributed by atoms with Gasteiger partial charge in [0.1, 0.15) is 6.54 Å². The summed E-state index contributed by atoms with van der Waals surface area (Å²) in [6.07, 6.45) is 1.67. The molecule has 2 aromatic carbocycles. The maximum Gasteiger partial charge on any atom is 0.275 e. The molecule has 0 radical (unpaired) electrons. The Kier molecular flexibility index (Phi) is 4.52. The van der Waals surface area contributed by atoms with Gasteiger partial charge in [-0.15, -0.1) is 10.2 Å². The van der Waals surface area contributed by atoms with Crippen molar-refractivity contribution in [1.29, 1.82) is 0 Å². The van der Waals surface area contributed by atoms with E-state index in [1.807, 2.05) is 55.5 Å². The number of hydrogen-bond acceptors (Lipinski definition) is 8. The summed E-state index contributed by atoms with van der Waals surface area (Å²) in [5.74, 6) is 0.525. The van der Waals surface area contributed by atoms with Crippen molar-refractivity contribution in [3.05, 3.63) is 87.3 Å². The predicted octanol–water partition coefficient (Wildman–Crippen LogP) is 2.18. The van der Waals surface area contributed by atoms with E-state index in [0.717, 1.165) is 16.8 Å². The molecule has 148 valence electrons. The molecule has 30 heavy (non-hydrogen) atoms. The summed E-state index contributed by atoms with van der Waals surface area (Å²) < 4.78 is 3.70. The molecule has 0 aliphatic carbocycles. The Morgan fingerprint density at radius 2 is 1.87 bits per heavy atom. The summed E-state index contributed by atoms with van der Waals surface area (Å²) in [6, 6.07) is 17.0. The van der Waals surface area contributed by atoms with E-state index in [-0.39, 0.29) is 12.1 Å². The van der Waals surface area contributed by atoms with Crippen molar-refractivity contribution in [2.75, 3.05) is 5.43 Å². The second-order valence-corrected chi connectivity index (χ2v) is 7.54. The molecule has 0 aliphatic heterocycles. The molecule has 5 aromatic rings. The van der Waals surface area contributed by atoms with Gasteiger partial charge in [0, 0.05) is 5.39 Å². The van der Waals surface area contributed by atoms with Crippen molar-refractivity contribution in [2.45, 2.75) is 13.5 Å². The van der Waals surface area contributed by atoms with Crippen LogP contribution in [0.15, 0.2) is 70.7 Å². The van der Waals surface area contributed by atoms with E-state index in [0.29, 0.717) is 20.8 Å². The fraction of sp³-hybridized carbons (Fsp3) is 0.100. The van der Waals surface area contributed by atoms with Crippen LogP contribution in [-0.2, 0) is 6.54 Å². The SMILES string of the molecule is Cc1nn2c(Cn3ncc4ccccc4c3=O)nnc2sc1=NNc1ccccc1. The van der Waals surface area contributed by atoms with Crippen LogP contribution in [0.3, 0.4) is 0 Å². The van der Waals surface area contributed by atoms with Gasteiger partial charge in [0.05, 0.1) is 23.0 Å². The fourth-order valence-corrected chi connectivity index (χ4v) is 3.78. The van der Waals surface area contributed by atoms with Crippen molar-refractivity contribution >= 4 is 32.8 Å². The Hall–Kier alpha value is -3.92. The van der Waals surface area contributed by atoms with Gasteiger partial charge in [-0.1, -0.05) is 47.7 Å². The highest BCUT2D eigenvalue weighted by molar-refractivity contribution is 7.14. The van der Waals surface area contributed by atoms with Crippen molar-refractivity contribution in [1.82, 2.24) is 29.6 Å². The summed E-state index contributed by atoms with van der Waals surface area (Å²) in [5.41, 5.74) is 4.44. The lowest BCUT2D eigenvalue weighted by molar-refractivity contribution is 0.605. The van der Waals surface area contributed by atoms with Crippen molar-refractivity contribution in [2.24, 2.45) is 5.10 Å². The van der Waals surface area contributed by atoms with Crippen LogP contribution in [0.5, 0.6) is 0 Å². The zero-order chi connectivity index (χ0) is 20.5. The van der Waals surface area contributed by atoms with Gasteiger partial charge in [-0.3, -0.25) is 10.2 Å². The van der Waals surface area contributed by atoms with Crippen LogP contribution < -0.4 is 15.7 Å². The van der Waals surface area contributed by atoms with E-state index in [1.165, 1.54) is 16.0 Å². The Morgan fingerprint density at radius 1 is 1.07 bits per heavy atom. The van der Waals surface area contributed by atoms with E-state index in [9.17, 15) is 4.79 Å². The number of benzene rings is 2. The number of rotatable bonds is 4. The lowest BCUT2D eigenvalue weighted by Gasteiger charge is -2.05. The van der Waals surface area contributed by atoms with E-state index in [2.05, 4.69) is 30.9 Å². The predicted molar refractivity (Wildman–Crippen MR) is 114 cm³/mol. The third kappa shape index (κ3) is 3.33. The summed E-state index contributed by atoms with van der Waals surface area (Å²) >= 11 is 1.36. The number of fused-ring (bicyclic) bond motifs is 2. The van der Waals surface area contributed by atoms with Crippen molar-refractivity contribution in [3.63, 3.8) is 0 Å². The van der Waals surface area contributed by atoms with Crippen LogP contribution in [0.4, 0.5) is 5.69 Å². The normalized spacial score (nSPS) is 12.0. The summed E-state index contributed by atoms with van der Waals surface area (Å²) in [5, 5.41) is 23.1. The monoisotopic (exact) mass is 416 g/mol. The quantitative estimate of drug-likeness (QED) is 0.451. The molecule has 3 heterocycles. The van der Waals surface area contributed by atoms with Gasteiger partial charge in [-0.25, -0.2) is 4.68 Å². The molecule has 0 bridgehead atoms. The first kappa shape index (κ1) is 18.1. The maximum absolute atomic E-state index is 12.7. The molecule has 0 fully saturated rings. The van der Waals surface area contributed by atoms with Crippen LogP contribution in [-0.4, -0.2) is 29.6 Å². The molecule has 3 aromatic heterocycles. The lowest BCUT2D eigenvalue weighted by Crippen LogP contribution is -2.24. The van der Waals surface area contributed by atoms with E-state index < -0.39 is 0 Å². The van der Waals surface area contributed by atoms with Gasteiger partial charge >= 0.3 is 0 Å². The number of para-hydroxylation sites is 1. The van der Waals surface area contributed by atoms with Crippen molar-refractivity contribution < 1.29 is 0 Å². The second-order valence-electron chi connectivity index (χ2n) is 6.59. The number of hydrogen-bond donors (Lipinski definition) is 1. The average molecular weight is 416 g/mol. The number of anilines is 1. The number of nitrogens with zero attached hydrogens (tertiary/aromatic N) is 7. The van der Waals surface area contributed by atoms with Crippen LogP contribution in [0.25, 0.3) is 15.7 Å². The highest BCUT2D eigenvalue weighted by atomic mass is 32.1. The lowest BCUT2D eigenvalue weighted by atomic mass is 10.2. The minimum Gasteiger partial charge on any atom is -0.277 e. The topological polar surface area (TPSA) is 102 Å². The number of aryl methyl sites for hydroxylation is 1. The third-order valence-electron chi connectivity index (χ3n) is 4.54. The van der Waals surface area contributed by atoms with Crippen LogP contribution in [0.2, 0.25) is 0 Å². The standard InChI is InChI=1S/C20H16N8OS/c1-13-18(24-22-15-8-3-2-4-9-15)30-20-25-23-17(28(20)26-13)12-27-19(29)16-10-6-5-7-14(16)11-21-27/h2-11,22H,12H2,1H3. The van der Waals surface area contributed by atoms with Crippen molar-refractivity contribution in [3.8, 4) is 0 Å². The van der Waals surface area contributed by atoms with Gasteiger partial charge in [0.25, 0.3) is 5.56 Å². The summed E-state index contributed by atoms with van der Waals surface area (Å²) in [7, 11) is 0. The van der Waals surface area contributed by atoms with Gasteiger partial charge in [-0.2, -0.15) is 19.8 Å². The van der Waals surface area contributed by atoms with Crippen LogP contribution >= 0.6 is 11.3 Å². The Labute approximate surface area is 174 Å². The van der Waals surface area contributed by atoms with Gasteiger partial charge in [0.2, 0.25) is 4.96 Å². The van der Waals surface area contributed by atoms with E-state index >= 15 is 0 Å². The number of aromatic nitrogens is 6. The fourth-order valence-electron chi connectivity index (χ4n) is 3.02. The molecular weight excluding hydrogens is 400 g/mol. The van der Waals surface area contributed by atoms with Gasteiger partial charge < -0.3 is 0 Å². The van der Waals surface area contributed by atoms with Crippen LogP contribution in [0.1, 0.15) is 11.5 Å². The van der Waals surface area contributed by atoms with E-state index in [4.69, 9.17) is 0 Å². The Morgan fingerprint density at radius 3 is 2.73 bits per heavy atom. The molecule has 0 spiro atoms. The average Bonchev–Trinajstić information content (AvgIpc) is 3.16. The molecule has 10 heteroatoms. The van der Waals surface area contributed by atoms with Crippen LogP contribution in [0, 0.1) is 6.92 Å². The molecular formula is C20H16N8OS. The molecule has 0 amide bonds.